The summed E-state index contributed by atoms with van der Waals surface area (Å²) in [6.07, 6.45) is 3.27. The lowest BCUT2D eigenvalue weighted by atomic mass is 10.1. The van der Waals surface area contributed by atoms with Crippen molar-refractivity contribution in [2.24, 2.45) is 5.92 Å². The number of carbonyl (C=O) groups is 3. The average Bonchev–Trinajstić information content (AvgIpc) is 3.21. The van der Waals surface area contributed by atoms with Crippen LogP contribution in [-0.2, 0) is 14.4 Å². The number of hydrogen-bond donors (Lipinski definition) is 2. The molecule has 2 aromatic rings. The number of likely N-dealkylation sites (tertiary alicyclic amines) is 1. The quantitative estimate of drug-likeness (QED) is 0.783. The first-order valence-corrected chi connectivity index (χ1v) is 10.4. The van der Waals surface area contributed by atoms with Gasteiger partial charge in [0.05, 0.1) is 5.69 Å². The highest BCUT2D eigenvalue weighted by molar-refractivity contribution is 7.14. The van der Waals surface area contributed by atoms with Crippen molar-refractivity contribution in [2.75, 3.05) is 17.2 Å². The minimum atomic E-state index is -0.517. The molecule has 1 saturated carbocycles. The van der Waals surface area contributed by atoms with Crippen molar-refractivity contribution in [1.29, 1.82) is 0 Å². The maximum Gasteiger partial charge on any atom is 0.248 e. The molecule has 1 unspecified atom stereocenters. The molecular weight excluding hydrogens is 395 g/mol. The molecule has 2 N–H and O–H groups in total. The number of hydrogen-bond acceptors (Lipinski definition) is 5. The van der Waals surface area contributed by atoms with Gasteiger partial charge in [-0.3, -0.25) is 14.4 Å². The molecular formula is C20H21FN4O3S. The van der Waals surface area contributed by atoms with Gasteiger partial charge in [-0.15, -0.1) is 11.3 Å². The number of rotatable bonds is 5. The van der Waals surface area contributed by atoms with Crippen LogP contribution in [0.1, 0.15) is 32.6 Å². The van der Waals surface area contributed by atoms with Crippen LogP contribution in [-0.4, -0.2) is 40.2 Å². The summed E-state index contributed by atoms with van der Waals surface area (Å²) in [4.78, 5) is 42.1. The maximum absolute atomic E-state index is 14.4. The number of carbonyl (C=O) groups excluding carboxylic acids is 3. The van der Waals surface area contributed by atoms with Gasteiger partial charge in [-0.1, -0.05) is 0 Å². The van der Waals surface area contributed by atoms with E-state index in [2.05, 4.69) is 15.6 Å². The van der Waals surface area contributed by atoms with Crippen LogP contribution < -0.4 is 10.6 Å². The van der Waals surface area contributed by atoms with Crippen molar-refractivity contribution in [3.63, 3.8) is 0 Å². The van der Waals surface area contributed by atoms with E-state index in [1.165, 1.54) is 30.4 Å². The monoisotopic (exact) mass is 416 g/mol. The predicted octanol–water partition coefficient (Wildman–Crippen LogP) is 3.25. The number of benzene rings is 1. The number of halogens is 1. The fourth-order valence-electron chi connectivity index (χ4n) is 3.52. The van der Waals surface area contributed by atoms with Gasteiger partial charge in [-0.05, 0) is 43.9 Å². The van der Waals surface area contributed by atoms with Crippen molar-refractivity contribution in [1.82, 2.24) is 9.88 Å². The molecule has 29 heavy (non-hydrogen) atoms. The third kappa shape index (κ3) is 4.29. The van der Waals surface area contributed by atoms with Gasteiger partial charge in [0, 0.05) is 36.0 Å². The second kappa shape index (κ2) is 7.90. The lowest BCUT2D eigenvalue weighted by molar-refractivity contribution is -0.137. The summed E-state index contributed by atoms with van der Waals surface area (Å²) in [5, 5.41) is 7.32. The van der Waals surface area contributed by atoms with E-state index < -0.39 is 11.9 Å². The molecule has 4 rings (SSSR count). The molecule has 2 aliphatic rings. The van der Waals surface area contributed by atoms with Gasteiger partial charge in [0.15, 0.2) is 5.13 Å². The minimum absolute atomic E-state index is 0.0730. The number of anilines is 2. The van der Waals surface area contributed by atoms with E-state index in [1.807, 2.05) is 0 Å². The summed E-state index contributed by atoms with van der Waals surface area (Å²) in [5.41, 5.74) is 1.04. The van der Waals surface area contributed by atoms with Crippen molar-refractivity contribution < 1.29 is 18.8 Å². The smallest absolute Gasteiger partial charge is 0.248 e. The zero-order valence-electron chi connectivity index (χ0n) is 15.9. The van der Waals surface area contributed by atoms with Crippen LogP contribution in [0.3, 0.4) is 0 Å². The molecule has 0 bridgehead atoms. The van der Waals surface area contributed by atoms with Crippen LogP contribution in [0.25, 0.3) is 11.3 Å². The number of amides is 3. The molecule has 3 amide bonds. The van der Waals surface area contributed by atoms with Crippen LogP contribution in [0.4, 0.5) is 15.2 Å². The van der Waals surface area contributed by atoms with Gasteiger partial charge in [-0.2, -0.15) is 0 Å². The maximum atomic E-state index is 14.4. The summed E-state index contributed by atoms with van der Waals surface area (Å²) >= 11 is 1.20. The van der Waals surface area contributed by atoms with Crippen LogP contribution in [0, 0.1) is 11.7 Å². The number of nitrogens with one attached hydrogen (secondary N) is 2. The summed E-state index contributed by atoms with van der Waals surface area (Å²) in [5.74, 6) is -0.894. The van der Waals surface area contributed by atoms with Crippen molar-refractivity contribution >= 4 is 39.9 Å². The van der Waals surface area contributed by atoms with E-state index in [0.717, 1.165) is 19.3 Å². The fraction of sp³-hybridized carbons (Fsp3) is 0.400. The summed E-state index contributed by atoms with van der Waals surface area (Å²) in [7, 11) is 0. The lowest BCUT2D eigenvalue weighted by Crippen LogP contribution is -2.43. The second-order valence-electron chi connectivity index (χ2n) is 7.37. The van der Waals surface area contributed by atoms with Gasteiger partial charge in [0.1, 0.15) is 11.9 Å². The van der Waals surface area contributed by atoms with Crippen LogP contribution >= 0.6 is 11.3 Å². The molecule has 0 spiro atoms. The molecule has 152 valence electrons. The third-order valence-corrected chi connectivity index (χ3v) is 5.82. The predicted molar refractivity (Wildman–Crippen MR) is 108 cm³/mol. The topological polar surface area (TPSA) is 91.4 Å². The normalized spacial score (nSPS) is 18.6. The Bertz CT molecular complexity index is 972. The van der Waals surface area contributed by atoms with Crippen LogP contribution in [0.15, 0.2) is 23.6 Å². The highest BCUT2D eigenvalue weighted by Crippen LogP contribution is 2.34. The molecule has 1 aliphatic heterocycles. The molecule has 2 fully saturated rings. The molecule has 2 heterocycles. The standard InChI is InChI=1S/C20H21FN4O3S/c1-11(26)22-13-6-7-14(15(21)9-13)16-10-29-20(23-16)24-18(27)17-3-2-8-25(17)19(28)12-4-5-12/h6-7,9-10,12,17H,2-5,8H2,1H3,(H,22,26)(H,23,24,27). The Kier molecular flexibility index (Phi) is 5.31. The van der Waals surface area contributed by atoms with Crippen molar-refractivity contribution in [2.45, 2.75) is 38.6 Å². The Morgan fingerprint density at radius 1 is 1.21 bits per heavy atom. The lowest BCUT2D eigenvalue weighted by Gasteiger charge is -2.23. The molecule has 1 aromatic heterocycles. The third-order valence-electron chi connectivity index (χ3n) is 5.06. The van der Waals surface area contributed by atoms with E-state index >= 15 is 0 Å². The van der Waals surface area contributed by atoms with Gasteiger partial charge in [0.25, 0.3) is 0 Å². The summed E-state index contributed by atoms with van der Waals surface area (Å²) < 4.78 is 14.4. The number of thiazole rings is 1. The zero-order chi connectivity index (χ0) is 20.5. The van der Waals surface area contributed by atoms with Gasteiger partial charge in [0.2, 0.25) is 17.7 Å². The first-order chi connectivity index (χ1) is 13.9. The second-order valence-corrected chi connectivity index (χ2v) is 8.22. The van der Waals surface area contributed by atoms with Gasteiger partial charge >= 0.3 is 0 Å². The molecule has 1 aromatic carbocycles. The van der Waals surface area contributed by atoms with Crippen molar-refractivity contribution in [3.05, 3.63) is 29.4 Å². The Hall–Kier alpha value is -2.81. The molecule has 7 nitrogen and oxygen atoms in total. The average molecular weight is 416 g/mol. The number of nitrogens with zero attached hydrogens (tertiary/aromatic N) is 2. The zero-order valence-corrected chi connectivity index (χ0v) is 16.7. The SMILES string of the molecule is CC(=O)Nc1ccc(-c2csc(NC(=O)C3CCCN3C(=O)C3CC3)n2)c(F)c1. The Morgan fingerprint density at radius 2 is 2.00 bits per heavy atom. The van der Waals surface area contributed by atoms with Crippen LogP contribution in [0.5, 0.6) is 0 Å². The highest BCUT2D eigenvalue weighted by atomic mass is 32.1. The molecule has 1 saturated heterocycles. The van der Waals surface area contributed by atoms with Gasteiger partial charge < -0.3 is 15.5 Å². The molecule has 0 radical (unpaired) electrons. The van der Waals surface area contributed by atoms with E-state index in [9.17, 15) is 18.8 Å². The largest absolute Gasteiger partial charge is 0.330 e. The van der Waals surface area contributed by atoms with Crippen molar-refractivity contribution in [3.8, 4) is 11.3 Å². The van der Waals surface area contributed by atoms with Gasteiger partial charge in [-0.25, -0.2) is 9.37 Å². The first-order valence-electron chi connectivity index (χ1n) is 9.57. The Balaban J connectivity index is 1.44. The number of aromatic nitrogens is 1. The molecule has 1 atom stereocenters. The van der Waals surface area contributed by atoms with E-state index in [-0.39, 0.29) is 29.2 Å². The molecule has 1 aliphatic carbocycles. The Morgan fingerprint density at radius 3 is 2.69 bits per heavy atom. The summed E-state index contributed by atoms with van der Waals surface area (Å²) in [6.45, 7) is 1.97. The fourth-order valence-corrected chi connectivity index (χ4v) is 4.23. The minimum Gasteiger partial charge on any atom is -0.330 e. The van der Waals surface area contributed by atoms with E-state index in [4.69, 9.17) is 0 Å². The van der Waals surface area contributed by atoms with E-state index in [1.54, 1.807) is 16.3 Å². The Labute approximate surface area is 171 Å². The molecule has 9 heteroatoms. The first kappa shape index (κ1) is 19.5. The van der Waals surface area contributed by atoms with Crippen LogP contribution in [0.2, 0.25) is 0 Å². The summed E-state index contributed by atoms with van der Waals surface area (Å²) in [6, 6.07) is 3.89. The highest BCUT2D eigenvalue weighted by Gasteiger charge is 2.41. The van der Waals surface area contributed by atoms with E-state index in [0.29, 0.717) is 29.5 Å².